The third-order valence-electron chi connectivity index (χ3n) is 8.29. The first kappa shape index (κ1) is 33.2. The summed E-state index contributed by atoms with van der Waals surface area (Å²) in [5, 5.41) is 2.90. The lowest BCUT2D eigenvalue weighted by molar-refractivity contribution is 0.261. The van der Waals surface area contributed by atoms with E-state index in [1.54, 1.807) is 0 Å². The van der Waals surface area contributed by atoms with Gasteiger partial charge in [-0.3, -0.25) is 0 Å². The predicted octanol–water partition coefficient (Wildman–Crippen LogP) is 9.27. The maximum atomic E-state index is 7.11. The largest absolute Gasteiger partial charge is 0.412 e. The van der Waals surface area contributed by atoms with Crippen molar-refractivity contribution in [2.75, 3.05) is 13.2 Å². The molecule has 0 saturated carbocycles. The Morgan fingerprint density at radius 3 is 1.74 bits per heavy atom. The first-order valence-electron chi connectivity index (χ1n) is 14.0. The van der Waals surface area contributed by atoms with Gasteiger partial charge in [-0.1, -0.05) is 121 Å². The van der Waals surface area contributed by atoms with Crippen LogP contribution in [0.4, 0.5) is 0 Å². The molecule has 0 aliphatic carbocycles. The summed E-state index contributed by atoms with van der Waals surface area (Å²) in [7, 11) is -4.23. The van der Waals surface area contributed by atoms with E-state index in [1.165, 1.54) is 14.0 Å². The second kappa shape index (κ2) is 13.6. The molecule has 0 aliphatic heterocycles. The van der Waals surface area contributed by atoms with E-state index in [4.69, 9.17) is 8.85 Å². The maximum Gasteiger partial charge on any atom is 0.261 e. The van der Waals surface area contributed by atoms with Crippen LogP contribution in [0, 0.1) is 5.41 Å². The summed E-state index contributed by atoms with van der Waals surface area (Å²) in [6.45, 7) is 26.5. The van der Waals surface area contributed by atoms with Gasteiger partial charge in [0.15, 0.2) is 8.32 Å². The zero-order valence-corrected chi connectivity index (χ0v) is 29.5. The van der Waals surface area contributed by atoms with Crippen LogP contribution in [0.15, 0.2) is 83.0 Å². The molecule has 0 spiro atoms. The minimum absolute atomic E-state index is 0.000439. The summed E-state index contributed by atoms with van der Waals surface area (Å²) in [6, 6.07) is 21.8. The molecule has 1 atom stereocenters. The second-order valence-corrected chi connectivity index (χ2v) is 23.9. The minimum Gasteiger partial charge on any atom is -0.412 e. The van der Waals surface area contributed by atoms with Crippen molar-refractivity contribution >= 4 is 49.6 Å². The van der Waals surface area contributed by atoms with E-state index in [9.17, 15) is 0 Å². The fraction of sp³-hybridized carbons (Fsp3) is 0.515. The standard InChI is InChI=1S/C33H51IO2Si2/c1-11-33(8,25-23-28(34)27-36-37(9,10)31(2,3)4)24-18-26-35-38(32(5,6)7,29-19-14-12-15-20-29)30-21-16-13-17-22-30/h11-17,19-23H,1,18,24-27H2,2-10H3/b28-23-/t33-/m0/s1. The van der Waals surface area contributed by atoms with E-state index < -0.39 is 16.6 Å². The van der Waals surface area contributed by atoms with Crippen LogP contribution in [0.2, 0.25) is 23.2 Å². The van der Waals surface area contributed by atoms with Crippen LogP contribution in [0.5, 0.6) is 0 Å². The van der Waals surface area contributed by atoms with Gasteiger partial charge in [-0.25, -0.2) is 0 Å². The molecular formula is C33H51IO2Si2. The van der Waals surface area contributed by atoms with Gasteiger partial charge in [-0.05, 0) is 80.8 Å². The van der Waals surface area contributed by atoms with Gasteiger partial charge in [0.2, 0.25) is 0 Å². The Kier molecular flexibility index (Phi) is 11.9. The Balaban J connectivity index is 2.12. The van der Waals surface area contributed by atoms with Crippen LogP contribution in [0.3, 0.4) is 0 Å². The Labute approximate surface area is 249 Å². The molecule has 2 rings (SSSR count). The zero-order chi connectivity index (χ0) is 28.7. The maximum absolute atomic E-state index is 7.11. The lowest BCUT2D eigenvalue weighted by atomic mass is 9.82. The first-order chi connectivity index (χ1) is 17.6. The number of benzene rings is 2. The highest BCUT2D eigenvalue weighted by atomic mass is 127. The van der Waals surface area contributed by atoms with E-state index >= 15 is 0 Å². The van der Waals surface area contributed by atoms with Crippen molar-refractivity contribution in [1.82, 2.24) is 0 Å². The molecule has 0 aromatic heterocycles. The monoisotopic (exact) mass is 662 g/mol. The van der Waals surface area contributed by atoms with Gasteiger partial charge in [0.1, 0.15) is 0 Å². The Morgan fingerprint density at radius 1 is 0.816 bits per heavy atom. The average Bonchev–Trinajstić information content (AvgIpc) is 2.86. The highest BCUT2D eigenvalue weighted by Gasteiger charge is 2.50. The quantitative estimate of drug-likeness (QED) is 0.0922. The SMILES string of the molecule is C=C[C@](C)(C/C=C(\I)CO[Si](C)(C)C(C)(C)C)CCCO[Si](c1ccccc1)(c1ccccc1)C(C)(C)C. The molecule has 0 saturated heterocycles. The summed E-state index contributed by atoms with van der Waals surface area (Å²) in [6.07, 6.45) is 7.48. The lowest BCUT2D eigenvalue weighted by Crippen LogP contribution is -2.66. The lowest BCUT2D eigenvalue weighted by Gasteiger charge is -2.43. The smallest absolute Gasteiger partial charge is 0.261 e. The number of halogens is 1. The molecule has 0 bridgehead atoms. The molecule has 2 aromatic rings. The fourth-order valence-corrected chi connectivity index (χ4v) is 10.8. The molecule has 0 fully saturated rings. The average molecular weight is 663 g/mol. The van der Waals surface area contributed by atoms with Crippen LogP contribution in [0.25, 0.3) is 0 Å². The summed E-state index contributed by atoms with van der Waals surface area (Å²) in [5.41, 5.74) is 0.0300. The normalized spacial score (nSPS) is 15.3. The van der Waals surface area contributed by atoms with Crippen LogP contribution in [-0.2, 0) is 8.85 Å². The second-order valence-electron chi connectivity index (χ2n) is 13.4. The molecule has 0 unspecified atom stereocenters. The van der Waals surface area contributed by atoms with Crippen LogP contribution in [0.1, 0.15) is 67.7 Å². The summed E-state index contributed by atoms with van der Waals surface area (Å²) >= 11 is 2.45. The van der Waals surface area contributed by atoms with Crippen molar-refractivity contribution in [2.45, 2.75) is 90.9 Å². The molecule has 0 N–H and O–H groups in total. The van der Waals surface area contributed by atoms with E-state index in [0.29, 0.717) is 6.61 Å². The van der Waals surface area contributed by atoms with E-state index in [0.717, 1.165) is 25.9 Å². The van der Waals surface area contributed by atoms with Gasteiger partial charge in [-0.15, -0.1) is 6.58 Å². The molecule has 5 heteroatoms. The minimum atomic E-state index is -2.49. The topological polar surface area (TPSA) is 18.5 Å². The van der Waals surface area contributed by atoms with Gasteiger partial charge in [0.25, 0.3) is 8.32 Å². The molecule has 38 heavy (non-hydrogen) atoms. The number of hydrogen-bond acceptors (Lipinski definition) is 2. The van der Waals surface area contributed by atoms with Crippen molar-refractivity contribution in [3.8, 4) is 0 Å². The number of allylic oxidation sites excluding steroid dienone is 2. The zero-order valence-electron chi connectivity index (χ0n) is 25.4. The van der Waals surface area contributed by atoms with E-state index in [-0.39, 0.29) is 15.5 Å². The first-order valence-corrected chi connectivity index (χ1v) is 19.8. The van der Waals surface area contributed by atoms with Crippen LogP contribution < -0.4 is 10.4 Å². The molecule has 0 heterocycles. The molecule has 0 amide bonds. The third-order valence-corrected chi connectivity index (χ3v) is 18.6. The molecule has 0 aliphatic rings. The van der Waals surface area contributed by atoms with E-state index in [1.807, 2.05) is 0 Å². The van der Waals surface area contributed by atoms with Crippen molar-refractivity contribution < 1.29 is 8.85 Å². The van der Waals surface area contributed by atoms with Crippen molar-refractivity contribution in [3.05, 3.63) is 83.0 Å². The Morgan fingerprint density at radius 2 is 1.32 bits per heavy atom. The Hall–Kier alpha value is -0.996. The molecular weight excluding hydrogens is 611 g/mol. The fourth-order valence-electron chi connectivity index (χ4n) is 4.62. The third kappa shape index (κ3) is 8.50. The van der Waals surface area contributed by atoms with Crippen molar-refractivity contribution in [1.29, 1.82) is 0 Å². The van der Waals surface area contributed by atoms with Gasteiger partial charge in [0, 0.05) is 10.2 Å². The van der Waals surface area contributed by atoms with Gasteiger partial charge in [0.05, 0.1) is 6.61 Å². The molecule has 0 radical (unpaired) electrons. The van der Waals surface area contributed by atoms with Gasteiger partial charge < -0.3 is 8.85 Å². The van der Waals surface area contributed by atoms with Crippen LogP contribution in [-0.4, -0.2) is 29.8 Å². The summed E-state index contributed by atoms with van der Waals surface area (Å²) < 4.78 is 14.8. The summed E-state index contributed by atoms with van der Waals surface area (Å²) in [4.78, 5) is 0. The highest BCUT2D eigenvalue weighted by Crippen LogP contribution is 2.39. The van der Waals surface area contributed by atoms with Gasteiger partial charge >= 0.3 is 0 Å². The molecule has 2 nitrogen and oxygen atoms in total. The van der Waals surface area contributed by atoms with Crippen molar-refractivity contribution in [2.24, 2.45) is 5.41 Å². The Bertz CT molecular complexity index is 997. The van der Waals surface area contributed by atoms with Crippen LogP contribution >= 0.6 is 22.6 Å². The number of hydrogen-bond donors (Lipinski definition) is 0. The molecule has 210 valence electrons. The highest BCUT2D eigenvalue weighted by molar-refractivity contribution is 14.1. The van der Waals surface area contributed by atoms with Crippen molar-refractivity contribution in [3.63, 3.8) is 0 Å². The van der Waals surface area contributed by atoms with Gasteiger partial charge in [-0.2, -0.15) is 0 Å². The van der Waals surface area contributed by atoms with E-state index in [2.05, 4.69) is 164 Å². The predicted molar refractivity (Wildman–Crippen MR) is 181 cm³/mol. The molecule has 2 aromatic carbocycles. The summed E-state index contributed by atoms with van der Waals surface area (Å²) in [5.74, 6) is 0. The number of rotatable bonds is 13.